The van der Waals surface area contributed by atoms with Crippen molar-refractivity contribution >= 4 is 34.6 Å². The van der Waals surface area contributed by atoms with E-state index in [9.17, 15) is 4.79 Å². The van der Waals surface area contributed by atoms with E-state index in [4.69, 9.17) is 21.7 Å². The number of carbonyl (C=O) groups excluding carboxylic acids is 1. The molecule has 1 heterocycles. The van der Waals surface area contributed by atoms with Crippen molar-refractivity contribution < 1.29 is 14.3 Å². The molecule has 0 aliphatic carbocycles. The smallest absolute Gasteiger partial charge is 0.227 e. The van der Waals surface area contributed by atoms with Gasteiger partial charge in [-0.25, -0.2) is 0 Å². The first-order valence-corrected chi connectivity index (χ1v) is 10.6. The normalized spacial score (nSPS) is 13.3. The van der Waals surface area contributed by atoms with Crippen molar-refractivity contribution in [3.63, 3.8) is 0 Å². The Balaban J connectivity index is 1.49. The zero-order valence-electron chi connectivity index (χ0n) is 17.8. The van der Waals surface area contributed by atoms with Gasteiger partial charge in [-0.05, 0) is 73.8 Å². The highest BCUT2D eigenvalue weighted by Crippen LogP contribution is 2.29. The van der Waals surface area contributed by atoms with Gasteiger partial charge in [0.25, 0.3) is 0 Å². The number of nitrogens with zero attached hydrogens (tertiary/aromatic N) is 1. The summed E-state index contributed by atoms with van der Waals surface area (Å²) in [5.41, 5.74) is 4.11. The Morgan fingerprint density at radius 3 is 2.63 bits per heavy atom. The van der Waals surface area contributed by atoms with Gasteiger partial charge in [-0.15, -0.1) is 0 Å². The second-order valence-electron chi connectivity index (χ2n) is 7.32. The number of hydrogen-bond acceptors (Lipinski definition) is 4. The van der Waals surface area contributed by atoms with Crippen molar-refractivity contribution in [2.24, 2.45) is 0 Å². The maximum absolute atomic E-state index is 12.1. The molecule has 0 bridgehead atoms. The highest BCUT2D eigenvalue weighted by molar-refractivity contribution is 7.80. The number of amides is 1. The summed E-state index contributed by atoms with van der Waals surface area (Å²) >= 11 is 5.43. The number of benzene rings is 2. The van der Waals surface area contributed by atoms with E-state index in [-0.39, 0.29) is 5.91 Å². The number of carbonyl (C=O) groups is 1. The van der Waals surface area contributed by atoms with E-state index in [2.05, 4.69) is 10.6 Å². The summed E-state index contributed by atoms with van der Waals surface area (Å²) in [5.74, 6) is 1.66. The second-order valence-corrected chi connectivity index (χ2v) is 7.73. The van der Waals surface area contributed by atoms with Crippen LogP contribution in [0.1, 0.15) is 30.4 Å². The summed E-state index contributed by atoms with van der Waals surface area (Å²) in [6.07, 6.45) is 3.37. The monoisotopic (exact) mass is 427 g/mol. The van der Waals surface area contributed by atoms with Gasteiger partial charge in [-0.3, -0.25) is 4.79 Å². The Morgan fingerprint density at radius 1 is 1.13 bits per heavy atom. The van der Waals surface area contributed by atoms with Gasteiger partial charge in [0.2, 0.25) is 5.91 Å². The third kappa shape index (κ3) is 5.42. The Bertz CT molecular complexity index is 917. The Hall–Kier alpha value is -2.80. The van der Waals surface area contributed by atoms with Crippen LogP contribution in [-0.4, -0.2) is 38.3 Å². The molecule has 30 heavy (non-hydrogen) atoms. The predicted molar refractivity (Wildman–Crippen MR) is 125 cm³/mol. The minimum atomic E-state index is 0.186. The standard InChI is InChI=1S/C23H29N3O3S/c1-16-8-10-18(15-19(16)26-13-5-7-22(26)27)25-23(30)24-12-4-6-17-9-11-20(28-2)21(14-17)29-3/h8-11,14-15H,4-7,12-13H2,1-3H3,(H2,24,25,30). The van der Waals surface area contributed by atoms with Gasteiger partial charge < -0.3 is 25.0 Å². The molecule has 7 heteroatoms. The molecule has 1 fully saturated rings. The first-order valence-electron chi connectivity index (χ1n) is 10.2. The summed E-state index contributed by atoms with van der Waals surface area (Å²) in [6, 6.07) is 12.0. The van der Waals surface area contributed by atoms with Crippen molar-refractivity contribution in [1.82, 2.24) is 5.32 Å². The zero-order valence-corrected chi connectivity index (χ0v) is 18.6. The molecule has 3 rings (SSSR count). The summed E-state index contributed by atoms with van der Waals surface area (Å²) in [5, 5.41) is 7.05. The maximum atomic E-state index is 12.1. The number of rotatable bonds is 8. The zero-order chi connectivity index (χ0) is 21.5. The first kappa shape index (κ1) is 21.9. The van der Waals surface area contributed by atoms with E-state index in [1.165, 1.54) is 5.56 Å². The van der Waals surface area contributed by atoms with Gasteiger partial charge in [0.1, 0.15) is 0 Å². The minimum absolute atomic E-state index is 0.186. The highest BCUT2D eigenvalue weighted by Gasteiger charge is 2.23. The van der Waals surface area contributed by atoms with Crippen molar-refractivity contribution in [3.8, 4) is 11.5 Å². The third-order valence-electron chi connectivity index (χ3n) is 5.21. The van der Waals surface area contributed by atoms with E-state index >= 15 is 0 Å². The lowest BCUT2D eigenvalue weighted by molar-refractivity contribution is -0.117. The van der Waals surface area contributed by atoms with Crippen LogP contribution in [0, 0.1) is 6.92 Å². The molecule has 160 valence electrons. The molecule has 0 saturated carbocycles. The lowest BCUT2D eigenvalue weighted by atomic mass is 10.1. The molecule has 0 atom stereocenters. The Kier molecular flexibility index (Phi) is 7.52. The molecule has 2 aromatic rings. The van der Waals surface area contributed by atoms with Crippen LogP contribution in [0.25, 0.3) is 0 Å². The lowest BCUT2D eigenvalue weighted by Gasteiger charge is -2.20. The van der Waals surface area contributed by atoms with Crippen LogP contribution in [0.3, 0.4) is 0 Å². The second kappa shape index (κ2) is 10.3. The van der Waals surface area contributed by atoms with Crippen molar-refractivity contribution in [3.05, 3.63) is 47.5 Å². The van der Waals surface area contributed by atoms with Gasteiger partial charge in [0, 0.05) is 30.9 Å². The summed E-state index contributed by atoms with van der Waals surface area (Å²) in [7, 11) is 3.28. The molecule has 0 spiro atoms. The maximum Gasteiger partial charge on any atom is 0.227 e. The van der Waals surface area contributed by atoms with Crippen LogP contribution in [0.15, 0.2) is 36.4 Å². The summed E-state index contributed by atoms with van der Waals surface area (Å²) in [6.45, 7) is 3.56. The van der Waals surface area contributed by atoms with Gasteiger partial charge in [0.15, 0.2) is 16.6 Å². The number of nitrogens with one attached hydrogen (secondary N) is 2. The molecular formula is C23H29N3O3S. The van der Waals surface area contributed by atoms with E-state index in [1.807, 2.05) is 48.2 Å². The van der Waals surface area contributed by atoms with Crippen LogP contribution in [0.5, 0.6) is 11.5 Å². The average Bonchev–Trinajstić information content (AvgIpc) is 3.18. The topological polar surface area (TPSA) is 62.8 Å². The molecule has 1 aliphatic heterocycles. The fraction of sp³-hybridized carbons (Fsp3) is 0.391. The van der Waals surface area contributed by atoms with Gasteiger partial charge in [-0.2, -0.15) is 0 Å². The molecule has 0 aromatic heterocycles. The van der Waals surface area contributed by atoms with Crippen LogP contribution in [0.4, 0.5) is 11.4 Å². The molecule has 1 aliphatic rings. The lowest BCUT2D eigenvalue weighted by Crippen LogP contribution is -2.30. The van der Waals surface area contributed by atoms with E-state index in [0.29, 0.717) is 11.5 Å². The number of ether oxygens (including phenoxy) is 2. The van der Waals surface area contributed by atoms with Crippen molar-refractivity contribution in [2.45, 2.75) is 32.6 Å². The number of aryl methyl sites for hydroxylation is 2. The number of methoxy groups -OCH3 is 2. The Morgan fingerprint density at radius 2 is 1.93 bits per heavy atom. The summed E-state index contributed by atoms with van der Waals surface area (Å²) in [4.78, 5) is 13.9. The molecule has 2 N–H and O–H groups in total. The first-order chi connectivity index (χ1) is 14.5. The minimum Gasteiger partial charge on any atom is -0.493 e. The van der Waals surface area contributed by atoms with Crippen LogP contribution < -0.4 is 25.0 Å². The molecule has 1 saturated heterocycles. The average molecular weight is 428 g/mol. The third-order valence-corrected chi connectivity index (χ3v) is 5.45. The fourth-order valence-corrected chi connectivity index (χ4v) is 3.81. The van der Waals surface area contributed by atoms with Gasteiger partial charge >= 0.3 is 0 Å². The number of anilines is 2. The van der Waals surface area contributed by atoms with E-state index < -0.39 is 0 Å². The van der Waals surface area contributed by atoms with E-state index in [0.717, 1.165) is 60.8 Å². The molecule has 1 amide bonds. The fourth-order valence-electron chi connectivity index (χ4n) is 3.59. The quantitative estimate of drug-likeness (QED) is 0.489. The number of hydrogen-bond donors (Lipinski definition) is 2. The molecule has 0 unspecified atom stereocenters. The van der Waals surface area contributed by atoms with Gasteiger partial charge in [0.05, 0.1) is 14.2 Å². The van der Waals surface area contributed by atoms with Crippen LogP contribution in [-0.2, 0) is 11.2 Å². The van der Waals surface area contributed by atoms with Gasteiger partial charge in [-0.1, -0.05) is 12.1 Å². The predicted octanol–water partition coefficient (Wildman–Crippen LogP) is 4.06. The van der Waals surface area contributed by atoms with Crippen molar-refractivity contribution in [1.29, 1.82) is 0 Å². The van der Waals surface area contributed by atoms with E-state index in [1.54, 1.807) is 14.2 Å². The van der Waals surface area contributed by atoms with Crippen LogP contribution >= 0.6 is 12.2 Å². The Labute approximate surface area is 183 Å². The molecular weight excluding hydrogens is 398 g/mol. The molecule has 0 radical (unpaired) electrons. The summed E-state index contributed by atoms with van der Waals surface area (Å²) < 4.78 is 10.6. The number of thiocarbonyl (C=S) groups is 1. The van der Waals surface area contributed by atoms with Crippen LogP contribution in [0.2, 0.25) is 0 Å². The molecule has 6 nitrogen and oxygen atoms in total. The largest absolute Gasteiger partial charge is 0.493 e. The molecule has 2 aromatic carbocycles. The van der Waals surface area contributed by atoms with Crippen molar-refractivity contribution in [2.75, 3.05) is 37.5 Å². The SMILES string of the molecule is COc1ccc(CCCNC(=S)Nc2ccc(C)c(N3CCCC3=O)c2)cc1OC. The highest BCUT2D eigenvalue weighted by atomic mass is 32.1.